The zero-order valence-electron chi connectivity index (χ0n) is 14.2. The van der Waals surface area contributed by atoms with E-state index < -0.39 is 5.41 Å². The lowest BCUT2D eigenvalue weighted by Crippen LogP contribution is -2.35. The van der Waals surface area contributed by atoms with Gasteiger partial charge in [0, 0.05) is 18.4 Å². The minimum absolute atomic E-state index is 0.00913. The summed E-state index contributed by atoms with van der Waals surface area (Å²) >= 11 is 0. The third-order valence-corrected chi connectivity index (χ3v) is 3.30. The molecule has 0 aromatic heterocycles. The second-order valence-corrected chi connectivity index (χ2v) is 6.81. The second-order valence-electron chi connectivity index (χ2n) is 6.81. The Kier molecular flexibility index (Phi) is 6.60. The van der Waals surface area contributed by atoms with Crippen molar-refractivity contribution in [1.82, 2.24) is 5.32 Å². The van der Waals surface area contributed by atoms with Crippen molar-refractivity contribution in [3.8, 4) is 5.75 Å². The highest BCUT2D eigenvalue weighted by Gasteiger charge is 2.20. The van der Waals surface area contributed by atoms with Crippen LogP contribution in [-0.2, 0) is 9.59 Å². The first kappa shape index (κ1) is 18.2. The topological polar surface area (TPSA) is 55.4 Å². The Bertz CT molecular complexity index is 498. The standard InChI is InChI=1S/C18H27NO3/c1-13(2)14-8-10-15(11-9-14)22-16(20)7-6-12-19-17(21)18(3,4)5/h8-11,13H,6-7,12H2,1-5H3,(H,19,21). The van der Waals surface area contributed by atoms with Crippen molar-refractivity contribution in [3.05, 3.63) is 29.8 Å². The Labute approximate surface area is 133 Å². The van der Waals surface area contributed by atoms with Gasteiger partial charge in [-0.15, -0.1) is 0 Å². The van der Waals surface area contributed by atoms with Crippen molar-refractivity contribution in [3.63, 3.8) is 0 Å². The van der Waals surface area contributed by atoms with Gasteiger partial charge in [-0.1, -0.05) is 46.8 Å². The highest BCUT2D eigenvalue weighted by Crippen LogP contribution is 2.19. The van der Waals surface area contributed by atoms with E-state index in [0.29, 0.717) is 24.6 Å². The van der Waals surface area contributed by atoms with Crippen LogP contribution >= 0.6 is 0 Å². The third kappa shape index (κ3) is 6.29. The highest BCUT2D eigenvalue weighted by atomic mass is 16.5. The van der Waals surface area contributed by atoms with Gasteiger partial charge >= 0.3 is 5.97 Å². The Hall–Kier alpha value is -1.84. The van der Waals surface area contributed by atoms with Gasteiger partial charge in [-0.25, -0.2) is 0 Å². The molecule has 1 aromatic rings. The number of amides is 1. The number of carbonyl (C=O) groups is 2. The van der Waals surface area contributed by atoms with Crippen molar-refractivity contribution >= 4 is 11.9 Å². The number of rotatable bonds is 6. The first-order valence-electron chi connectivity index (χ1n) is 7.79. The monoisotopic (exact) mass is 305 g/mol. The van der Waals surface area contributed by atoms with E-state index in [1.54, 1.807) is 0 Å². The van der Waals surface area contributed by atoms with E-state index in [9.17, 15) is 9.59 Å². The van der Waals surface area contributed by atoms with E-state index in [0.717, 1.165) is 0 Å². The van der Waals surface area contributed by atoms with Gasteiger partial charge in [0.15, 0.2) is 0 Å². The summed E-state index contributed by atoms with van der Waals surface area (Å²) in [5.74, 6) is 0.733. The molecule has 0 fully saturated rings. The number of esters is 1. The summed E-state index contributed by atoms with van der Waals surface area (Å²) in [6.07, 6.45) is 0.862. The predicted octanol–water partition coefficient (Wildman–Crippen LogP) is 3.66. The molecule has 0 heterocycles. The molecular weight excluding hydrogens is 278 g/mol. The molecule has 0 spiro atoms. The Balaban J connectivity index is 2.30. The van der Waals surface area contributed by atoms with Crippen LogP contribution in [-0.4, -0.2) is 18.4 Å². The van der Waals surface area contributed by atoms with Crippen LogP contribution in [0, 0.1) is 5.41 Å². The van der Waals surface area contributed by atoms with Crippen molar-refractivity contribution < 1.29 is 14.3 Å². The molecule has 4 heteroatoms. The molecule has 0 unspecified atom stereocenters. The fourth-order valence-electron chi connectivity index (χ4n) is 1.80. The van der Waals surface area contributed by atoms with Crippen LogP contribution in [0.2, 0.25) is 0 Å². The largest absolute Gasteiger partial charge is 0.427 e. The van der Waals surface area contributed by atoms with Crippen LogP contribution in [0.1, 0.15) is 58.9 Å². The molecule has 1 aromatic carbocycles. The zero-order chi connectivity index (χ0) is 16.8. The summed E-state index contributed by atoms with van der Waals surface area (Å²) in [5, 5.41) is 2.82. The van der Waals surface area contributed by atoms with Gasteiger partial charge in [-0.2, -0.15) is 0 Å². The Morgan fingerprint density at radius 2 is 1.73 bits per heavy atom. The van der Waals surface area contributed by atoms with Crippen LogP contribution in [0.4, 0.5) is 0 Å². The SMILES string of the molecule is CC(C)c1ccc(OC(=O)CCCNC(=O)C(C)(C)C)cc1. The van der Waals surface area contributed by atoms with E-state index in [1.165, 1.54) is 5.56 Å². The lowest BCUT2D eigenvalue weighted by molar-refractivity contribution is -0.135. The van der Waals surface area contributed by atoms with Crippen molar-refractivity contribution in [2.75, 3.05) is 6.54 Å². The lowest BCUT2D eigenvalue weighted by Gasteiger charge is -2.17. The molecule has 0 radical (unpaired) electrons. The molecule has 4 nitrogen and oxygen atoms in total. The number of hydrogen-bond acceptors (Lipinski definition) is 3. The quantitative estimate of drug-likeness (QED) is 0.496. The molecule has 1 amide bonds. The third-order valence-electron chi connectivity index (χ3n) is 3.30. The molecular formula is C18H27NO3. The molecule has 0 saturated carbocycles. The highest BCUT2D eigenvalue weighted by molar-refractivity contribution is 5.81. The van der Waals surface area contributed by atoms with Crippen LogP contribution in [0.25, 0.3) is 0 Å². The molecule has 0 saturated heterocycles. The maximum absolute atomic E-state index is 11.7. The van der Waals surface area contributed by atoms with Crippen molar-refractivity contribution in [2.24, 2.45) is 5.41 Å². The van der Waals surface area contributed by atoms with E-state index in [1.807, 2.05) is 45.0 Å². The van der Waals surface area contributed by atoms with E-state index in [2.05, 4.69) is 19.2 Å². The molecule has 0 aliphatic heterocycles. The molecule has 0 aliphatic rings. The molecule has 22 heavy (non-hydrogen) atoms. The summed E-state index contributed by atoms with van der Waals surface area (Å²) in [6.45, 7) is 10.3. The van der Waals surface area contributed by atoms with Gasteiger partial charge in [-0.3, -0.25) is 9.59 Å². The van der Waals surface area contributed by atoms with Gasteiger partial charge in [0.05, 0.1) is 0 Å². The van der Waals surface area contributed by atoms with Gasteiger partial charge < -0.3 is 10.1 Å². The fourth-order valence-corrected chi connectivity index (χ4v) is 1.80. The van der Waals surface area contributed by atoms with E-state index in [-0.39, 0.29) is 18.3 Å². The van der Waals surface area contributed by atoms with Crippen LogP contribution in [0.5, 0.6) is 5.75 Å². The average molecular weight is 305 g/mol. The van der Waals surface area contributed by atoms with E-state index in [4.69, 9.17) is 4.74 Å². The molecule has 122 valence electrons. The summed E-state index contributed by atoms with van der Waals surface area (Å²) in [7, 11) is 0. The Morgan fingerprint density at radius 1 is 1.14 bits per heavy atom. The molecule has 1 N–H and O–H groups in total. The number of benzene rings is 1. The van der Waals surface area contributed by atoms with Gasteiger partial charge in [0.2, 0.25) is 5.91 Å². The van der Waals surface area contributed by atoms with Crippen LogP contribution in [0.15, 0.2) is 24.3 Å². The van der Waals surface area contributed by atoms with Gasteiger partial charge in [0.1, 0.15) is 5.75 Å². The number of ether oxygens (including phenoxy) is 1. The summed E-state index contributed by atoms with van der Waals surface area (Å²) < 4.78 is 5.27. The summed E-state index contributed by atoms with van der Waals surface area (Å²) in [5.41, 5.74) is 0.809. The van der Waals surface area contributed by atoms with Gasteiger partial charge in [-0.05, 0) is 30.0 Å². The summed E-state index contributed by atoms with van der Waals surface area (Å²) in [6, 6.07) is 7.57. The molecule has 1 rings (SSSR count). The fraction of sp³-hybridized carbons (Fsp3) is 0.556. The number of hydrogen-bond donors (Lipinski definition) is 1. The first-order chi connectivity index (χ1) is 10.2. The summed E-state index contributed by atoms with van der Waals surface area (Å²) in [4.78, 5) is 23.4. The second kappa shape index (κ2) is 7.97. The predicted molar refractivity (Wildman–Crippen MR) is 87.9 cm³/mol. The molecule has 0 aliphatic carbocycles. The van der Waals surface area contributed by atoms with Crippen LogP contribution in [0.3, 0.4) is 0 Å². The van der Waals surface area contributed by atoms with E-state index >= 15 is 0 Å². The average Bonchev–Trinajstić information content (AvgIpc) is 2.42. The normalized spacial score (nSPS) is 11.4. The smallest absolute Gasteiger partial charge is 0.311 e. The lowest BCUT2D eigenvalue weighted by atomic mass is 9.96. The number of carbonyl (C=O) groups excluding carboxylic acids is 2. The van der Waals surface area contributed by atoms with Crippen LogP contribution < -0.4 is 10.1 Å². The Morgan fingerprint density at radius 3 is 2.23 bits per heavy atom. The maximum Gasteiger partial charge on any atom is 0.311 e. The van der Waals surface area contributed by atoms with Gasteiger partial charge in [0.25, 0.3) is 0 Å². The zero-order valence-corrected chi connectivity index (χ0v) is 14.2. The minimum Gasteiger partial charge on any atom is -0.427 e. The van der Waals surface area contributed by atoms with Crippen molar-refractivity contribution in [1.29, 1.82) is 0 Å². The van der Waals surface area contributed by atoms with Crippen molar-refractivity contribution in [2.45, 2.75) is 53.4 Å². The minimum atomic E-state index is -0.404. The molecule has 0 bridgehead atoms. The molecule has 0 atom stereocenters. The number of nitrogens with one attached hydrogen (secondary N) is 1. The maximum atomic E-state index is 11.7. The first-order valence-corrected chi connectivity index (χ1v) is 7.79.